The molecule has 0 fully saturated rings. The molecule has 1 heterocycles. The van der Waals surface area contributed by atoms with Gasteiger partial charge in [-0.3, -0.25) is 9.59 Å². The smallest absolute Gasteiger partial charge is 0.454 e. The maximum absolute atomic E-state index is 13.4. The quantitative estimate of drug-likeness (QED) is 0.669. The average Bonchev–Trinajstić information content (AvgIpc) is 2.67. The van der Waals surface area contributed by atoms with Crippen molar-refractivity contribution in [1.82, 2.24) is 0 Å². The zero-order chi connectivity index (χ0) is 22.5. The van der Waals surface area contributed by atoms with Crippen LogP contribution in [0.2, 0.25) is 0 Å². The Hall–Kier alpha value is -3.48. The van der Waals surface area contributed by atoms with Crippen LogP contribution >= 0.6 is 0 Å². The average molecular weight is 424 g/mol. The monoisotopic (exact) mass is 424 g/mol. The van der Waals surface area contributed by atoms with Crippen LogP contribution < -0.4 is 10.5 Å². The lowest BCUT2D eigenvalue weighted by molar-refractivity contribution is -0.167. The predicted molar refractivity (Wildman–Crippen MR) is 97.6 cm³/mol. The third kappa shape index (κ3) is 4.74. The lowest BCUT2D eigenvalue weighted by Crippen LogP contribution is -2.33. The van der Waals surface area contributed by atoms with E-state index in [1.807, 2.05) is 0 Å². The summed E-state index contributed by atoms with van der Waals surface area (Å²) < 4.78 is 55.7. The number of nitriles is 1. The van der Waals surface area contributed by atoms with E-state index in [1.165, 1.54) is 25.1 Å². The van der Waals surface area contributed by atoms with Crippen LogP contribution in [0.4, 0.5) is 13.2 Å². The van der Waals surface area contributed by atoms with E-state index in [9.17, 15) is 28.0 Å². The summed E-state index contributed by atoms with van der Waals surface area (Å²) in [6.07, 6.45) is -6.05. The van der Waals surface area contributed by atoms with Crippen molar-refractivity contribution in [3.05, 3.63) is 52.6 Å². The van der Waals surface area contributed by atoms with Crippen molar-refractivity contribution in [3.63, 3.8) is 0 Å². The van der Waals surface area contributed by atoms with Crippen molar-refractivity contribution in [2.75, 3.05) is 13.2 Å². The van der Waals surface area contributed by atoms with Crippen LogP contribution in [0.3, 0.4) is 0 Å². The molecule has 30 heavy (non-hydrogen) atoms. The maximum Gasteiger partial charge on any atom is 0.454 e. The molecule has 0 aromatic heterocycles. The Morgan fingerprint density at radius 1 is 1.23 bits per heavy atom. The van der Waals surface area contributed by atoms with Crippen LogP contribution in [0.5, 0.6) is 5.75 Å². The Kier molecular flexibility index (Phi) is 7.10. The fraction of sp³-hybridized carbons (Fsp3) is 0.350. The van der Waals surface area contributed by atoms with E-state index in [1.54, 1.807) is 19.1 Å². The molecule has 0 bridgehead atoms. The number of alkyl halides is 3. The molecule has 0 saturated carbocycles. The fourth-order valence-corrected chi connectivity index (χ4v) is 3.01. The SMILES string of the molecule is CCOC(=O)CC1=C(C(=O)C(F)(F)F)[C@@H](c2ccccc2OCC)C(C#N)=C(N)O1. The third-order valence-electron chi connectivity index (χ3n) is 4.14. The Morgan fingerprint density at radius 2 is 1.90 bits per heavy atom. The molecule has 0 unspecified atom stereocenters. The second-order valence-corrected chi connectivity index (χ2v) is 6.04. The van der Waals surface area contributed by atoms with Crippen LogP contribution in [-0.4, -0.2) is 31.1 Å². The molecule has 0 amide bonds. The second kappa shape index (κ2) is 9.35. The Bertz CT molecular complexity index is 944. The zero-order valence-corrected chi connectivity index (χ0v) is 16.2. The van der Waals surface area contributed by atoms with Crippen molar-refractivity contribution in [1.29, 1.82) is 5.26 Å². The number of ether oxygens (including phenoxy) is 3. The second-order valence-electron chi connectivity index (χ2n) is 6.04. The van der Waals surface area contributed by atoms with Gasteiger partial charge in [0.25, 0.3) is 5.78 Å². The molecule has 1 aliphatic rings. The lowest BCUT2D eigenvalue weighted by atomic mass is 9.80. The number of allylic oxidation sites excluding steroid dienone is 2. The van der Waals surface area contributed by atoms with Gasteiger partial charge in [-0.05, 0) is 19.9 Å². The first kappa shape index (κ1) is 22.8. The first-order chi connectivity index (χ1) is 14.1. The number of nitrogens with zero attached hydrogens (tertiary/aromatic N) is 1. The molecule has 1 aromatic carbocycles. The van der Waals surface area contributed by atoms with Gasteiger partial charge in [0, 0.05) is 5.56 Å². The van der Waals surface area contributed by atoms with Gasteiger partial charge >= 0.3 is 12.1 Å². The molecule has 160 valence electrons. The van der Waals surface area contributed by atoms with Crippen LogP contribution in [0, 0.1) is 11.3 Å². The highest BCUT2D eigenvalue weighted by Gasteiger charge is 2.48. The molecule has 1 aromatic rings. The Labute approximate surface area is 170 Å². The van der Waals surface area contributed by atoms with E-state index in [4.69, 9.17) is 19.9 Å². The Balaban J connectivity index is 2.78. The van der Waals surface area contributed by atoms with Gasteiger partial charge in [0.15, 0.2) is 0 Å². The van der Waals surface area contributed by atoms with Crippen molar-refractivity contribution < 1.29 is 37.0 Å². The zero-order valence-electron chi connectivity index (χ0n) is 16.2. The summed E-state index contributed by atoms with van der Waals surface area (Å²) in [5.74, 6) is -5.67. The van der Waals surface area contributed by atoms with E-state index < -0.39 is 53.1 Å². The molecular weight excluding hydrogens is 405 g/mol. The van der Waals surface area contributed by atoms with Crippen molar-refractivity contribution in [2.24, 2.45) is 5.73 Å². The van der Waals surface area contributed by atoms with Gasteiger partial charge in [-0.15, -0.1) is 0 Å². The molecule has 0 spiro atoms. The summed E-state index contributed by atoms with van der Waals surface area (Å²) in [5, 5.41) is 9.55. The number of carbonyl (C=O) groups excluding carboxylic acids is 2. The van der Waals surface area contributed by atoms with Gasteiger partial charge in [-0.2, -0.15) is 18.4 Å². The molecule has 0 saturated heterocycles. The molecule has 2 rings (SSSR count). The molecule has 2 N–H and O–H groups in total. The minimum Gasteiger partial charge on any atom is -0.494 e. The van der Waals surface area contributed by atoms with Gasteiger partial charge in [-0.25, -0.2) is 0 Å². The minimum atomic E-state index is -5.29. The number of halogens is 3. The van der Waals surface area contributed by atoms with Gasteiger partial charge in [0.2, 0.25) is 5.88 Å². The summed E-state index contributed by atoms with van der Waals surface area (Å²) in [7, 11) is 0. The van der Waals surface area contributed by atoms with Crippen molar-refractivity contribution in [3.8, 4) is 11.8 Å². The van der Waals surface area contributed by atoms with Crippen LogP contribution in [0.1, 0.15) is 31.7 Å². The van der Waals surface area contributed by atoms with Crippen molar-refractivity contribution >= 4 is 11.8 Å². The maximum atomic E-state index is 13.4. The summed E-state index contributed by atoms with van der Waals surface area (Å²) in [6, 6.07) is 7.71. The van der Waals surface area contributed by atoms with Crippen molar-refractivity contribution in [2.45, 2.75) is 32.4 Å². The summed E-state index contributed by atoms with van der Waals surface area (Å²) in [4.78, 5) is 24.3. The number of hydrogen-bond acceptors (Lipinski definition) is 7. The number of benzene rings is 1. The standard InChI is InChI=1S/C20H19F3N2O5/c1-3-28-13-8-6-5-7-11(13)16-12(10-24)19(25)30-14(9-15(26)29-4-2)17(16)18(27)20(21,22)23/h5-8,16H,3-4,9,25H2,1-2H3/t16-/m0/s1. The highest BCUT2D eigenvalue weighted by molar-refractivity contribution is 6.03. The number of rotatable bonds is 7. The molecule has 1 atom stereocenters. The summed E-state index contributed by atoms with van der Waals surface area (Å²) >= 11 is 0. The van der Waals surface area contributed by atoms with Crippen LogP contribution in [0.15, 0.2) is 47.1 Å². The molecule has 1 aliphatic heterocycles. The summed E-state index contributed by atoms with van der Waals surface area (Å²) in [6.45, 7) is 3.34. The number of carbonyl (C=O) groups is 2. The predicted octanol–water partition coefficient (Wildman–Crippen LogP) is 3.23. The largest absolute Gasteiger partial charge is 0.494 e. The minimum absolute atomic E-state index is 0.0277. The molecule has 0 aliphatic carbocycles. The number of ketones is 1. The third-order valence-corrected chi connectivity index (χ3v) is 4.14. The van der Waals surface area contributed by atoms with Gasteiger partial charge in [0.05, 0.1) is 24.7 Å². The van der Waals surface area contributed by atoms with Gasteiger partial charge in [0.1, 0.15) is 29.6 Å². The molecule has 10 heteroatoms. The topological polar surface area (TPSA) is 112 Å². The van der Waals surface area contributed by atoms with E-state index in [0.29, 0.717) is 0 Å². The highest BCUT2D eigenvalue weighted by Crippen LogP contribution is 2.45. The first-order valence-corrected chi connectivity index (χ1v) is 8.95. The highest BCUT2D eigenvalue weighted by atomic mass is 19.4. The number of hydrogen-bond donors (Lipinski definition) is 1. The molecule has 0 radical (unpaired) electrons. The number of Topliss-reactive ketones (excluding diaryl/α,β-unsaturated/α-hetero) is 1. The van der Waals surface area contributed by atoms with Crippen LogP contribution in [-0.2, 0) is 19.1 Å². The number of esters is 1. The normalized spacial score (nSPS) is 16.6. The number of nitrogens with two attached hydrogens (primary N) is 1. The van der Waals surface area contributed by atoms with E-state index >= 15 is 0 Å². The fourth-order valence-electron chi connectivity index (χ4n) is 3.01. The van der Waals surface area contributed by atoms with E-state index in [-0.39, 0.29) is 24.5 Å². The Morgan fingerprint density at radius 3 is 2.47 bits per heavy atom. The van der Waals surface area contributed by atoms with E-state index in [2.05, 4.69) is 0 Å². The molecular formula is C20H19F3N2O5. The van der Waals surface area contributed by atoms with Gasteiger partial charge < -0.3 is 19.9 Å². The van der Waals surface area contributed by atoms with Crippen LogP contribution in [0.25, 0.3) is 0 Å². The molecule has 7 nitrogen and oxygen atoms in total. The summed E-state index contributed by atoms with van der Waals surface area (Å²) in [5.41, 5.74) is 4.57. The first-order valence-electron chi connectivity index (χ1n) is 8.95. The van der Waals surface area contributed by atoms with E-state index in [0.717, 1.165) is 0 Å². The number of para-hydroxylation sites is 1. The lowest BCUT2D eigenvalue weighted by Gasteiger charge is -2.29. The van der Waals surface area contributed by atoms with Gasteiger partial charge in [-0.1, -0.05) is 18.2 Å².